The second-order valence-corrected chi connectivity index (χ2v) is 11.0. The minimum atomic E-state index is -1.21. The van der Waals surface area contributed by atoms with Crippen molar-refractivity contribution >= 4 is 29.1 Å². The smallest absolute Gasteiger partial charge is 0.419 e. The van der Waals surface area contributed by atoms with Gasteiger partial charge in [-0.2, -0.15) is 0 Å². The molecular formula is C32H32N2O6. The predicted octanol–water partition coefficient (Wildman–Crippen LogP) is 6.30. The number of hydrogen-bond acceptors (Lipinski definition) is 5. The molecular weight excluding hydrogens is 508 g/mol. The minimum Gasteiger partial charge on any atom is -0.480 e. The van der Waals surface area contributed by atoms with Gasteiger partial charge in [0.15, 0.2) is 0 Å². The standard InChI is InChI=1S/C32H32N2O6/c1-32(2,3)40-31(38)34-18-20(21-11-9-10-16-27(21)34)17-28(29(35)36)33(4)30(37)39-19-26-24-14-7-5-12-22(24)23-13-6-8-15-25(23)26/h5-16,18,26,28H,17,19H2,1-4H3,(H,35,36)/t28-/m0/s1. The molecule has 0 aliphatic heterocycles. The molecule has 0 fully saturated rings. The monoisotopic (exact) mass is 540 g/mol. The Morgan fingerprint density at radius 1 is 0.925 bits per heavy atom. The molecule has 0 unspecified atom stereocenters. The highest BCUT2D eigenvalue weighted by molar-refractivity contribution is 5.93. The van der Waals surface area contributed by atoms with E-state index in [1.54, 1.807) is 39.1 Å². The van der Waals surface area contributed by atoms with E-state index in [0.29, 0.717) is 16.5 Å². The van der Waals surface area contributed by atoms with E-state index in [-0.39, 0.29) is 18.9 Å². The first-order valence-electron chi connectivity index (χ1n) is 13.2. The fourth-order valence-electron chi connectivity index (χ4n) is 5.30. The highest BCUT2D eigenvalue weighted by atomic mass is 16.6. The van der Waals surface area contributed by atoms with Gasteiger partial charge in [-0.25, -0.2) is 14.4 Å². The third kappa shape index (κ3) is 5.17. The third-order valence-corrected chi connectivity index (χ3v) is 7.17. The van der Waals surface area contributed by atoms with Gasteiger partial charge >= 0.3 is 18.2 Å². The Morgan fingerprint density at radius 3 is 2.10 bits per heavy atom. The fraction of sp³-hybridized carbons (Fsp3) is 0.281. The average Bonchev–Trinajstić information content (AvgIpc) is 3.45. The Hall–Kier alpha value is -4.59. The number of hydrogen-bond donors (Lipinski definition) is 1. The van der Waals surface area contributed by atoms with Crippen LogP contribution in [0.4, 0.5) is 9.59 Å². The van der Waals surface area contributed by atoms with Crippen LogP contribution in [0.15, 0.2) is 79.0 Å². The van der Waals surface area contributed by atoms with Crippen molar-refractivity contribution in [2.24, 2.45) is 0 Å². The summed E-state index contributed by atoms with van der Waals surface area (Å²) in [5, 5.41) is 10.8. The quantitative estimate of drug-likeness (QED) is 0.308. The van der Waals surface area contributed by atoms with Crippen molar-refractivity contribution in [3.8, 4) is 11.1 Å². The maximum absolute atomic E-state index is 13.2. The van der Waals surface area contributed by atoms with Crippen LogP contribution in [0.25, 0.3) is 22.0 Å². The summed E-state index contributed by atoms with van der Waals surface area (Å²) in [4.78, 5) is 39.5. The summed E-state index contributed by atoms with van der Waals surface area (Å²) >= 11 is 0. The second-order valence-electron chi connectivity index (χ2n) is 11.0. The number of nitrogens with zero attached hydrogens (tertiary/aromatic N) is 2. The SMILES string of the molecule is CN(C(=O)OCC1c2ccccc2-c2ccccc21)[C@@H](Cc1cn(C(=O)OC(C)(C)C)c2ccccc12)C(=O)O. The van der Waals surface area contributed by atoms with E-state index in [4.69, 9.17) is 9.47 Å². The zero-order chi connectivity index (χ0) is 28.6. The van der Waals surface area contributed by atoms with E-state index in [1.807, 2.05) is 48.5 Å². The normalized spacial score (nSPS) is 13.4. The van der Waals surface area contributed by atoms with Crippen molar-refractivity contribution < 1.29 is 29.0 Å². The Labute approximate surface area is 232 Å². The average molecular weight is 541 g/mol. The molecule has 4 aromatic rings. The van der Waals surface area contributed by atoms with Gasteiger partial charge in [-0.3, -0.25) is 9.47 Å². The third-order valence-electron chi connectivity index (χ3n) is 7.17. The summed E-state index contributed by atoms with van der Waals surface area (Å²) in [7, 11) is 1.42. The minimum absolute atomic E-state index is 0.0215. The number of rotatable bonds is 6. The number of fused-ring (bicyclic) bond motifs is 4. The molecule has 40 heavy (non-hydrogen) atoms. The molecule has 3 aromatic carbocycles. The number of carbonyl (C=O) groups is 3. The maximum atomic E-state index is 13.2. The number of para-hydroxylation sites is 1. The molecule has 0 radical (unpaired) electrons. The van der Waals surface area contributed by atoms with Gasteiger partial charge in [0.2, 0.25) is 0 Å². The van der Waals surface area contributed by atoms with Gasteiger partial charge < -0.3 is 14.6 Å². The van der Waals surface area contributed by atoms with E-state index in [2.05, 4.69) is 12.1 Å². The molecule has 1 aliphatic carbocycles. The number of ether oxygens (including phenoxy) is 2. The van der Waals surface area contributed by atoms with Crippen LogP contribution in [0, 0.1) is 0 Å². The molecule has 206 valence electrons. The maximum Gasteiger partial charge on any atom is 0.419 e. The van der Waals surface area contributed by atoms with Crippen LogP contribution in [0.3, 0.4) is 0 Å². The van der Waals surface area contributed by atoms with Crippen LogP contribution >= 0.6 is 0 Å². The van der Waals surface area contributed by atoms with E-state index >= 15 is 0 Å². The van der Waals surface area contributed by atoms with Gasteiger partial charge in [0.1, 0.15) is 18.2 Å². The van der Waals surface area contributed by atoms with Crippen molar-refractivity contribution in [1.29, 1.82) is 0 Å². The van der Waals surface area contributed by atoms with Gasteiger partial charge in [0, 0.05) is 31.0 Å². The van der Waals surface area contributed by atoms with Gasteiger partial charge in [0.05, 0.1) is 5.52 Å². The largest absolute Gasteiger partial charge is 0.480 e. The molecule has 0 spiro atoms. The number of likely N-dealkylation sites (N-methyl/N-ethyl adjacent to an activating group) is 1. The van der Waals surface area contributed by atoms with Crippen molar-refractivity contribution in [2.75, 3.05) is 13.7 Å². The Balaban J connectivity index is 1.35. The summed E-state index contributed by atoms with van der Waals surface area (Å²) in [6.07, 6.45) is 0.268. The van der Waals surface area contributed by atoms with Crippen molar-refractivity contribution in [3.05, 3.63) is 95.7 Å². The lowest BCUT2D eigenvalue weighted by Crippen LogP contribution is -2.44. The van der Waals surface area contributed by atoms with Crippen molar-refractivity contribution in [1.82, 2.24) is 9.47 Å². The first kappa shape index (κ1) is 27.0. The molecule has 0 bridgehead atoms. The molecule has 1 atom stereocenters. The molecule has 5 rings (SSSR count). The lowest BCUT2D eigenvalue weighted by Gasteiger charge is -2.25. The highest BCUT2D eigenvalue weighted by Gasteiger charge is 2.33. The van der Waals surface area contributed by atoms with Crippen LogP contribution < -0.4 is 0 Å². The van der Waals surface area contributed by atoms with Crippen LogP contribution in [0.1, 0.15) is 43.4 Å². The number of carboxylic acids is 1. The molecule has 8 heteroatoms. The van der Waals surface area contributed by atoms with Crippen molar-refractivity contribution in [2.45, 2.75) is 44.8 Å². The summed E-state index contributed by atoms with van der Waals surface area (Å²) in [6.45, 7) is 5.42. The highest BCUT2D eigenvalue weighted by Crippen LogP contribution is 2.44. The zero-order valence-electron chi connectivity index (χ0n) is 23.0. The predicted molar refractivity (Wildman–Crippen MR) is 152 cm³/mol. The Bertz CT molecular complexity index is 1550. The Morgan fingerprint density at radius 2 is 1.50 bits per heavy atom. The van der Waals surface area contributed by atoms with Gasteiger partial charge in [-0.15, -0.1) is 0 Å². The first-order valence-corrected chi connectivity index (χ1v) is 13.2. The van der Waals surface area contributed by atoms with Crippen LogP contribution in [-0.4, -0.2) is 58.0 Å². The topological polar surface area (TPSA) is 98.1 Å². The van der Waals surface area contributed by atoms with Gasteiger partial charge in [-0.05, 0) is 54.7 Å². The molecule has 1 aliphatic rings. The first-order chi connectivity index (χ1) is 19.0. The molecule has 1 heterocycles. The summed E-state index contributed by atoms with van der Waals surface area (Å²) in [5.74, 6) is -1.31. The summed E-state index contributed by atoms with van der Waals surface area (Å²) in [5.41, 5.74) is 4.87. The van der Waals surface area contributed by atoms with Crippen LogP contribution in [0.5, 0.6) is 0 Å². The van der Waals surface area contributed by atoms with E-state index in [1.165, 1.54) is 11.6 Å². The lowest BCUT2D eigenvalue weighted by molar-refractivity contribution is -0.142. The lowest BCUT2D eigenvalue weighted by atomic mass is 9.98. The summed E-state index contributed by atoms with van der Waals surface area (Å²) < 4.78 is 12.6. The number of aromatic nitrogens is 1. The van der Waals surface area contributed by atoms with E-state index in [9.17, 15) is 19.5 Å². The fourth-order valence-corrected chi connectivity index (χ4v) is 5.30. The zero-order valence-corrected chi connectivity index (χ0v) is 23.0. The molecule has 0 saturated heterocycles. The van der Waals surface area contributed by atoms with Crippen LogP contribution in [0.2, 0.25) is 0 Å². The van der Waals surface area contributed by atoms with E-state index < -0.39 is 29.8 Å². The van der Waals surface area contributed by atoms with Crippen molar-refractivity contribution in [3.63, 3.8) is 0 Å². The van der Waals surface area contributed by atoms with E-state index in [0.717, 1.165) is 27.2 Å². The molecule has 1 N–H and O–H groups in total. The molecule has 0 saturated carbocycles. The Kier molecular flexibility index (Phi) is 7.10. The number of aliphatic carboxylic acids is 1. The van der Waals surface area contributed by atoms with Gasteiger partial charge in [0.25, 0.3) is 0 Å². The summed E-state index contributed by atoms with van der Waals surface area (Å²) in [6, 6.07) is 22.0. The number of carbonyl (C=O) groups excluding carboxylic acids is 2. The molecule has 1 aromatic heterocycles. The second kappa shape index (κ2) is 10.5. The number of benzene rings is 3. The van der Waals surface area contributed by atoms with Gasteiger partial charge in [-0.1, -0.05) is 66.7 Å². The number of carboxylic acid groups (broad SMARTS) is 1. The number of amides is 1. The van der Waals surface area contributed by atoms with Crippen LogP contribution in [-0.2, 0) is 20.7 Å². The molecule has 1 amide bonds. The molecule has 8 nitrogen and oxygen atoms in total.